The number of carbonyl (C=O) groups is 1. The van der Waals surface area contributed by atoms with Crippen LogP contribution in [-0.2, 0) is 4.79 Å². The van der Waals surface area contributed by atoms with Gasteiger partial charge in [-0.05, 0) is 50.2 Å². The molecule has 1 aliphatic carbocycles. The Morgan fingerprint density at radius 3 is 1.96 bits per heavy atom. The second-order valence-electron chi connectivity index (χ2n) is 8.02. The van der Waals surface area contributed by atoms with E-state index >= 15 is 0 Å². The highest BCUT2D eigenvalue weighted by Gasteiger charge is 2.25. The van der Waals surface area contributed by atoms with Crippen LogP contribution >= 0.6 is 0 Å². The van der Waals surface area contributed by atoms with Crippen LogP contribution in [0, 0.1) is 5.92 Å². The van der Waals surface area contributed by atoms with Gasteiger partial charge >= 0.3 is 0 Å². The van der Waals surface area contributed by atoms with Crippen molar-refractivity contribution >= 4 is 17.5 Å². The monoisotopic (exact) mass is 357 g/mol. The van der Waals surface area contributed by atoms with Gasteiger partial charge in [-0.1, -0.05) is 12.8 Å². The van der Waals surface area contributed by atoms with Crippen molar-refractivity contribution < 1.29 is 4.79 Å². The molecule has 2 saturated heterocycles. The van der Waals surface area contributed by atoms with Crippen molar-refractivity contribution in [2.24, 2.45) is 5.92 Å². The molecule has 1 aromatic rings. The molecule has 0 N–H and O–H groups in total. The maximum atomic E-state index is 12.5. The first-order chi connectivity index (χ1) is 12.8. The second kappa shape index (κ2) is 8.23. The van der Waals surface area contributed by atoms with Crippen molar-refractivity contribution in [2.45, 2.75) is 51.4 Å². The van der Waals surface area contributed by atoms with Crippen molar-refractivity contribution in [3.8, 4) is 0 Å². The van der Waals surface area contributed by atoms with Gasteiger partial charge in [0, 0.05) is 45.7 Å². The van der Waals surface area contributed by atoms with Gasteiger partial charge in [-0.15, -0.1) is 10.2 Å². The van der Waals surface area contributed by atoms with E-state index in [1.807, 2.05) is 4.90 Å². The standard InChI is InChI=1S/C20H31N5O/c26-20(16-17-6-2-3-7-17)25-14-12-24(13-15-25)19-9-8-18(21-22-19)23-10-4-1-5-11-23/h8-9,17H,1-7,10-16H2. The van der Waals surface area contributed by atoms with Gasteiger partial charge < -0.3 is 14.7 Å². The molecule has 1 amide bonds. The van der Waals surface area contributed by atoms with Gasteiger partial charge in [0.15, 0.2) is 11.6 Å². The van der Waals surface area contributed by atoms with Crippen LogP contribution in [0.15, 0.2) is 12.1 Å². The fourth-order valence-electron chi connectivity index (χ4n) is 4.55. The third kappa shape index (κ3) is 4.10. The number of hydrogen-bond acceptors (Lipinski definition) is 5. The molecule has 3 fully saturated rings. The van der Waals surface area contributed by atoms with Gasteiger partial charge in [0.2, 0.25) is 5.91 Å². The van der Waals surface area contributed by atoms with Crippen molar-refractivity contribution in [3.63, 3.8) is 0 Å². The molecule has 3 aliphatic rings. The third-order valence-corrected chi connectivity index (χ3v) is 6.21. The van der Waals surface area contributed by atoms with Crippen LogP contribution in [0.25, 0.3) is 0 Å². The summed E-state index contributed by atoms with van der Waals surface area (Å²) >= 11 is 0. The summed E-state index contributed by atoms with van der Waals surface area (Å²) in [6.45, 7) is 5.51. The van der Waals surface area contributed by atoms with Gasteiger partial charge in [0.05, 0.1) is 0 Å². The number of anilines is 2. The molecular formula is C20H31N5O. The Morgan fingerprint density at radius 2 is 1.38 bits per heavy atom. The SMILES string of the molecule is O=C(CC1CCCC1)N1CCN(c2ccc(N3CCCCC3)nn2)CC1. The van der Waals surface area contributed by atoms with E-state index in [9.17, 15) is 4.79 Å². The number of piperazine rings is 1. The first-order valence-electron chi connectivity index (χ1n) is 10.4. The minimum Gasteiger partial charge on any atom is -0.355 e. The number of carbonyl (C=O) groups excluding carboxylic acids is 1. The zero-order chi connectivity index (χ0) is 17.8. The summed E-state index contributed by atoms with van der Waals surface area (Å²) in [5, 5.41) is 8.92. The van der Waals surface area contributed by atoms with Crippen LogP contribution in [0.4, 0.5) is 11.6 Å². The van der Waals surface area contributed by atoms with Gasteiger partial charge in [-0.2, -0.15) is 0 Å². The number of rotatable bonds is 4. The quantitative estimate of drug-likeness (QED) is 0.829. The molecule has 0 atom stereocenters. The van der Waals surface area contributed by atoms with Crippen molar-refractivity contribution in [2.75, 3.05) is 49.1 Å². The largest absolute Gasteiger partial charge is 0.355 e. The molecule has 0 aromatic carbocycles. The molecular weight excluding hydrogens is 326 g/mol. The van der Waals surface area contributed by atoms with Crippen molar-refractivity contribution in [3.05, 3.63) is 12.1 Å². The molecule has 6 heteroatoms. The average molecular weight is 358 g/mol. The van der Waals surface area contributed by atoms with Gasteiger partial charge in [0.25, 0.3) is 0 Å². The Morgan fingerprint density at radius 1 is 0.808 bits per heavy atom. The molecule has 1 saturated carbocycles. The molecule has 6 nitrogen and oxygen atoms in total. The van der Waals surface area contributed by atoms with E-state index in [2.05, 4.69) is 32.1 Å². The van der Waals surface area contributed by atoms with E-state index in [-0.39, 0.29) is 0 Å². The van der Waals surface area contributed by atoms with E-state index in [1.165, 1.54) is 44.9 Å². The van der Waals surface area contributed by atoms with Crippen LogP contribution < -0.4 is 9.80 Å². The molecule has 0 radical (unpaired) electrons. The maximum absolute atomic E-state index is 12.5. The highest BCUT2D eigenvalue weighted by Crippen LogP contribution is 2.28. The fraction of sp³-hybridized carbons (Fsp3) is 0.750. The predicted octanol–water partition coefficient (Wildman–Crippen LogP) is 2.70. The van der Waals surface area contributed by atoms with E-state index in [1.54, 1.807) is 0 Å². The van der Waals surface area contributed by atoms with Crippen molar-refractivity contribution in [1.29, 1.82) is 0 Å². The highest BCUT2D eigenvalue weighted by molar-refractivity contribution is 5.76. The molecule has 26 heavy (non-hydrogen) atoms. The first-order valence-corrected chi connectivity index (χ1v) is 10.4. The summed E-state index contributed by atoms with van der Waals surface area (Å²) in [7, 11) is 0. The molecule has 3 heterocycles. The lowest BCUT2D eigenvalue weighted by Crippen LogP contribution is -2.49. The minimum atomic E-state index is 0.350. The van der Waals surface area contributed by atoms with Crippen LogP contribution in [0.3, 0.4) is 0 Å². The Bertz CT molecular complexity index is 585. The Balaban J connectivity index is 1.28. The zero-order valence-electron chi connectivity index (χ0n) is 15.8. The highest BCUT2D eigenvalue weighted by atomic mass is 16.2. The number of nitrogens with zero attached hydrogens (tertiary/aromatic N) is 5. The summed E-state index contributed by atoms with van der Waals surface area (Å²) in [5.74, 6) is 2.92. The van der Waals surface area contributed by atoms with Crippen LogP contribution in [-0.4, -0.2) is 60.3 Å². The Kier molecular flexibility index (Phi) is 5.56. The predicted molar refractivity (Wildman–Crippen MR) is 103 cm³/mol. The Hall–Kier alpha value is -1.85. The lowest BCUT2D eigenvalue weighted by atomic mass is 10.0. The zero-order valence-corrected chi connectivity index (χ0v) is 15.8. The number of hydrogen-bond donors (Lipinski definition) is 0. The normalized spacial score (nSPS) is 22.1. The van der Waals surface area contributed by atoms with E-state index in [0.29, 0.717) is 11.8 Å². The molecule has 4 rings (SSSR count). The number of amides is 1. The van der Waals surface area contributed by atoms with Crippen LogP contribution in [0.5, 0.6) is 0 Å². The summed E-state index contributed by atoms with van der Waals surface area (Å²) in [6, 6.07) is 4.19. The first kappa shape index (κ1) is 17.6. The molecule has 0 unspecified atom stereocenters. The summed E-state index contributed by atoms with van der Waals surface area (Å²) in [5.41, 5.74) is 0. The van der Waals surface area contributed by atoms with Gasteiger partial charge in [0.1, 0.15) is 0 Å². The minimum absolute atomic E-state index is 0.350. The fourth-order valence-corrected chi connectivity index (χ4v) is 4.55. The average Bonchev–Trinajstić information content (AvgIpc) is 3.22. The lowest BCUT2D eigenvalue weighted by molar-refractivity contribution is -0.132. The lowest BCUT2D eigenvalue weighted by Gasteiger charge is -2.36. The van der Waals surface area contributed by atoms with E-state index < -0.39 is 0 Å². The summed E-state index contributed by atoms with van der Waals surface area (Å²) in [4.78, 5) is 19.1. The smallest absolute Gasteiger partial charge is 0.222 e. The van der Waals surface area contributed by atoms with Crippen LogP contribution in [0.1, 0.15) is 51.4 Å². The van der Waals surface area contributed by atoms with E-state index in [4.69, 9.17) is 0 Å². The topological polar surface area (TPSA) is 52.6 Å². The summed E-state index contributed by atoms with van der Waals surface area (Å²) < 4.78 is 0. The molecule has 142 valence electrons. The molecule has 0 spiro atoms. The number of aromatic nitrogens is 2. The molecule has 0 bridgehead atoms. The second-order valence-corrected chi connectivity index (χ2v) is 8.02. The van der Waals surface area contributed by atoms with Crippen LogP contribution in [0.2, 0.25) is 0 Å². The van der Waals surface area contributed by atoms with Crippen molar-refractivity contribution in [1.82, 2.24) is 15.1 Å². The van der Waals surface area contributed by atoms with Gasteiger partial charge in [-0.25, -0.2) is 0 Å². The number of piperidine rings is 1. The Labute approximate surface area is 156 Å². The third-order valence-electron chi connectivity index (χ3n) is 6.21. The molecule has 2 aliphatic heterocycles. The van der Waals surface area contributed by atoms with E-state index in [0.717, 1.165) is 57.3 Å². The maximum Gasteiger partial charge on any atom is 0.222 e. The summed E-state index contributed by atoms with van der Waals surface area (Å²) in [6.07, 6.45) is 9.67. The molecule has 1 aromatic heterocycles. The van der Waals surface area contributed by atoms with Gasteiger partial charge in [-0.3, -0.25) is 4.79 Å².